The van der Waals surface area contributed by atoms with Gasteiger partial charge in [-0.05, 0) is 50.1 Å². The van der Waals surface area contributed by atoms with Crippen LogP contribution in [0.5, 0.6) is 5.75 Å². The number of methoxy groups -OCH3 is 1. The van der Waals surface area contributed by atoms with Gasteiger partial charge >= 0.3 is 0 Å². The van der Waals surface area contributed by atoms with Crippen LogP contribution in [0.3, 0.4) is 0 Å². The van der Waals surface area contributed by atoms with Gasteiger partial charge in [0.25, 0.3) is 5.91 Å². The molecular formula is C22H26N2O3. The summed E-state index contributed by atoms with van der Waals surface area (Å²) in [6, 6.07) is 11.3. The molecule has 1 heterocycles. The van der Waals surface area contributed by atoms with Crippen LogP contribution in [0.4, 0.5) is 5.69 Å². The van der Waals surface area contributed by atoms with Gasteiger partial charge in [0.05, 0.1) is 13.2 Å². The Morgan fingerprint density at radius 1 is 1.22 bits per heavy atom. The maximum absolute atomic E-state index is 12.8. The molecule has 0 spiro atoms. The highest BCUT2D eigenvalue weighted by atomic mass is 16.5. The molecule has 0 fully saturated rings. The Hall–Kier alpha value is -2.82. The highest BCUT2D eigenvalue weighted by Gasteiger charge is 2.25. The lowest BCUT2D eigenvalue weighted by Crippen LogP contribution is -2.28. The average molecular weight is 366 g/mol. The highest BCUT2D eigenvalue weighted by Crippen LogP contribution is 2.30. The largest absolute Gasteiger partial charge is 0.496 e. The second-order valence-corrected chi connectivity index (χ2v) is 6.93. The van der Waals surface area contributed by atoms with Crippen molar-refractivity contribution in [1.82, 2.24) is 5.32 Å². The highest BCUT2D eigenvalue weighted by molar-refractivity contribution is 5.98. The van der Waals surface area contributed by atoms with Gasteiger partial charge in [-0.15, -0.1) is 0 Å². The van der Waals surface area contributed by atoms with Gasteiger partial charge in [-0.1, -0.05) is 24.6 Å². The summed E-state index contributed by atoms with van der Waals surface area (Å²) in [5, 5.41) is 3.05. The Morgan fingerprint density at radius 3 is 2.70 bits per heavy atom. The zero-order valence-electron chi connectivity index (χ0n) is 16.3. The Bertz CT molecular complexity index is 876. The predicted octanol–water partition coefficient (Wildman–Crippen LogP) is 3.79. The molecule has 2 aromatic rings. The molecule has 0 saturated heterocycles. The lowest BCUT2D eigenvalue weighted by molar-refractivity contribution is -0.118. The smallest absolute Gasteiger partial charge is 0.251 e. The SMILES string of the molecule is CCC(=O)N1CCc2cc(C(=O)N[C@@H](C)c3cc(C)ccc3OC)ccc21. The number of ether oxygens (including phenoxy) is 1. The zero-order valence-corrected chi connectivity index (χ0v) is 16.3. The number of carbonyl (C=O) groups is 2. The number of aryl methyl sites for hydroxylation is 1. The molecule has 1 aliphatic heterocycles. The summed E-state index contributed by atoms with van der Waals surface area (Å²) in [7, 11) is 1.63. The van der Waals surface area contributed by atoms with Crippen molar-refractivity contribution >= 4 is 17.5 Å². The summed E-state index contributed by atoms with van der Waals surface area (Å²) >= 11 is 0. The van der Waals surface area contributed by atoms with E-state index in [9.17, 15) is 9.59 Å². The summed E-state index contributed by atoms with van der Waals surface area (Å²) in [5.41, 5.74) is 4.65. The van der Waals surface area contributed by atoms with Gasteiger partial charge < -0.3 is 15.0 Å². The van der Waals surface area contributed by atoms with Crippen LogP contribution in [0, 0.1) is 6.92 Å². The third kappa shape index (κ3) is 3.82. The van der Waals surface area contributed by atoms with Gasteiger partial charge in [0, 0.05) is 29.8 Å². The Kier molecular flexibility index (Phi) is 5.49. The van der Waals surface area contributed by atoms with Crippen LogP contribution in [0.2, 0.25) is 0 Å². The van der Waals surface area contributed by atoms with Gasteiger partial charge in [-0.25, -0.2) is 0 Å². The summed E-state index contributed by atoms with van der Waals surface area (Å²) in [4.78, 5) is 26.6. The molecule has 1 aliphatic rings. The second-order valence-electron chi connectivity index (χ2n) is 6.93. The van der Waals surface area contributed by atoms with E-state index >= 15 is 0 Å². The van der Waals surface area contributed by atoms with Crippen molar-refractivity contribution in [3.63, 3.8) is 0 Å². The van der Waals surface area contributed by atoms with Gasteiger partial charge in [-0.2, -0.15) is 0 Å². The summed E-state index contributed by atoms with van der Waals surface area (Å²) in [6.07, 6.45) is 1.26. The number of hydrogen-bond acceptors (Lipinski definition) is 3. The van der Waals surface area contributed by atoms with E-state index < -0.39 is 0 Å². The summed E-state index contributed by atoms with van der Waals surface area (Å²) < 4.78 is 5.43. The first-order valence-corrected chi connectivity index (χ1v) is 9.33. The molecule has 142 valence electrons. The molecule has 0 aromatic heterocycles. The lowest BCUT2D eigenvalue weighted by atomic mass is 10.0. The van der Waals surface area contributed by atoms with Gasteiger partial charge in [-0.3, -0.25) is 9.59 Å². The van der Waals surface area contributed by atoms with Crippen molar-refractivity contribution in [3.05, 3.63) is 58.7 Å². The van der Waals surface area contributed by atoms with Gasteiger partial charge in [0.15, 0.2) is 0 Å². The van der Waals surface area contributed by atoms with Crippen molar-refractivity contribution in [3.8, 4) is 5.75 Å². The minimum Gasteiger partial charge on any atom is -0.496 e. The molecule has 1 atom stereocenters. The minimum absolute atomic E-state index is 0.117. The first-order valence-electron chi connectivity index (χ1n) is 9.33. The number of benzene rings is 2. The molecule has 1 N–H and O–H groups in total. The molecule has 0 radical (unpaired) electrons. The fourth-order valence-corrected chi connectivity index (χ4v) is 3.54. The number of rotatable bonds is 5. The van der Waals surface area contributed by atoms with Crippen molar-refractivity contribution in [2.45, 2.75) is 39.7 Å². The molecule has 0 bridgehead atoms. The van der Waals surface area contributed by atoms with E-state index in [1.807, 2.05) is 51.1 Å². The van der Waals surface area contributed by atoms with E-state index in [-0.39, 0.29) is 17.9 Å². The summed E-state index contributed by atoms with van der Waals surface area (Å²) in [5.74, 6) is 0.747. The number of nitrogens with zero attached hydrogens (tertiary/aromatic N) is 1. The van der Waals surface area contributed by atoms with Crippen LogP contribution >= 0.6 is 0 Å². The standard InChI is InChI=1S/C22H26N2O3/c1-5-21(25)24-11-10-16-13-17(7-8-19(16)24)22(26)23-15(3)18-12-14(2)6-9-20(18)27-4/h6-9,12-13,15H,5,10-11H2,1-4H3,(H,23,26)/t15-/m0/s1. The van der Waals surface area contributed by atoms with Crippen LogP contribution in [0.25, 0.3) is 0 Å². The van der Waals surface area contributed by atoms with Gasteiger partial charge in [0.1, 0.15) is 5.75 Å². The Morgan fingerprint density at radius 2 is 2.00 bits per heavy atom. The van der Waals surface area contributed by atoms with E-state index in [1.165, 1.54) is 0 Å². The quantitative estimate of drug-likeness (QED) is 0.876. The third-order valence-corrected chi connectivity index (χ3v) is 5.04. The number of anilines is 1. The Labute approximate surface area is 160 Å². The van der Waals surface area contributed by atoms with Gasteiger partial charge in [0.2, 0.25) is 5.91 Å². The molecule has 2 amide bonds. The molecule has 2 aromatic carbocycles. The van der Waals surface area contributed by atoms with Crippen LogP contribution in [-0.4, -0.2) is 25.5 Å². The van der Waals surface area contributed by atoms with Crippen molar-refractivity contribution in [2.24, 2.45) is 0 Å². The van der Waals surface area contributed by atoms with Crippen LogP contribution in [-0.2, 0) is 11.2 Å². The van der Waals surface area contributed by atoms with E-state index in [1.54, 1.807) is 18.1 Å². The number of amides is 2. The number of nitrogens with one attached hydrogen (secondary N) is 1. The molecule has 3 rings (SSSR count). The first-order chi connectivity index (χ1) is 12.9. The lowest BCUT2D eigenvalue weighted by Gasteiger charge is -2.19. The van der Waals surface area contributed by atoms with Crippen LogP contribution in [0.1, 0.15) is 53.4 Å². The zero-order chi connectivity index (χ0) is 19.6. The van der Waals surface area contributed by atoms with E-state index in [4.69, 9.17) is 4.74 Å². The molecule has 5 heteroatoms. The van der Waals surface area contributed by atoms with Crippen LogP contribution < -0.4 is 15.0 Å². The second kappa shape index (κ2) is 7.82. The predicted molar refractivity (Wildman–Crippen MR) is 106 cm³/mol. The third-order valence-electron chi connectivity index (χ3n) is 5.04. The average Bonchev–Trinajstić information content (AvgIpc) is 3.10. The van der Waals surface area contributed by atoms with Crippen molar-refractivity contribution in [1.29, 1.82) is 0 Å². The first kappa shape index (κ1) is 19.0. The molecule has 27 heavy (non-hydrogen) atoms. The number of fused-ring (bicyclic) bond motifs is 1. The molecule has 5 nitrogen and oxygen atoms in total. The fraction of sp³-hybridized carbons (Fsp3) is 0.364. The van der Waals surface area contributed by atoms with E-state index in [0.29, 0.717) is 18.5 Å². The fourth-order valence-electron chi connectivity index (χ4n) is 3.54. The number of hydrogen-bond donors (Lipinski definition) is 1. The Balaban J connectivity index is 1.78. The molecule has 0 saturated carbocycles. The van der Waals surface area contributed by atoms with Crippen molar-refractivity contribution < 1.29 is 14.3 Å². The van der Waals surface area contributed by atoms with Crippen LogP contribution in [0.15, 0.2) is 36.4 Å². The van der Waals surface area contributed by atoms with E-state index in [0.717, 1.165) is 34.5 Å². The summed E-state index contributed by atoms with van der Waals surface area (Å²) in [6.45, 7) is 6.51. The van der Waals surface area contributed by atoms with Crippen molar-refractivity contribution in [2.75, 3.05) is 18.6 Å². The molecule has 0 unspecified atom stereocenters. The molecular weight excluding hydrogens is 340 g/mol. The molecule has 0 aliphatic carbocycles. The number of carbonyl (C=O) groups excluding carboxylic acids is 2. The normalized spacial score (nSPS) is 13.9. The maximum atomic E-state index is 12.8. The van der Waals surface area contributed by atoms with E-state index in [2.05, 4.69) is 5.32 Å². The topological polar surface area (TPSA) is 58.6 Å². The maximum Gasteiger partial charge on any atom is 0.251 e. The minimum atomic E-state index is -0.182. The monoisotopic (exact) mass is 366 g/mol.